The summed E-state index contributed by atoms with van der Waals surface area (Å²) in [5.41, 5.74) is 0.469. The number of aliphatic hydroxyl groups excluding tert-OH is 1. The summed E-state index contributed by atoms with van der Waals surface area (Å²) in [7, 11) is 0. The van der Waals surface area contributed by atoms with E-state index in [1.807, 2.05) is 17.5 Å². The first kappa shape index (κ1) is 11.1. The van der Waals surface area contributed by atoms with Gasteiger partial charge in [-0.25, -0.2) is 4.39 Å². The first-order valence-electron chi connectivity index (χ1n) is 4.84. The lowest BCUT2D eigenvalue weighted by Gasteiger charge is -2.09. The predicted octanol–water partition coefficient (Wildman–Crippen LogP) is 2.96. The molecule has 0 amide bonds. The molecular weight excluding hydrogens is 227 g/mol. The SMILES string of the molecule is OCc1cccc(F)c1OCc1cccs1. The second kappa shape index (κ2) is 5.09. The highest BCUT2D eigenvalue weighted by Gasteiger charge is 2.09. The van der Waals surface area contributed by atoms with Gasteiger partial charge in [0.05, 0.1) is 6.61 Å². The van der Waals surface area contributed by atoms with Crippen molar-refractivity contribution in [3.63, 3.8) is 0 Å². The maximum Gasteiger partial charge on any atom is 0.165 e. The fraction of sp³-hybridized carbons (Fsp3) is 0.167. The van der Waals surface area contributed by atoms with Gasteiger partial charge in [0, 0.05) is 10.4 Å². The number of rotatable bonds is 4. The Hall–Kier alpha value is -1.39. The smallest absolute Gasteiger partial charge is 0.165 e. The summed E-state index contributed by atoms with van der Waals surface area (Å²) in [4.78, 5) is 1.02. The van der Waals surface area contributed by atoms with Crippen molar-refractivity contribution >= 4 is 11.3 Å². The summed E-state index contributed by atoms with van der Waals surface area (Å²) in [5.74, 6) is -0.304. The molecule has 0 aliphatic rings. The van der Waals surface area contributed by atoms with E-state index in [0.29, 0.717) is 12.2 Å². The van der Waals surface area contributed by atoms with Crippen LogP contribution >= 0.6 is 11.3 Å². The average Bonchev–Trinajstić information content (AvgIpc) is 2.80. The predicted molar refractivity (Wildman–Crippen MR) is 61.0 cm³/mol. The Morgan fingerprint density at radius 1 is 1.25 bits per heavy atom. The molecule has 4 heteroatoms. The van der Waals surface area contributed by atoms with Gasteiger partial charge >= 0.3 is 0 Å². The third-order valence-corrected chi connectivity index (χ3v) is 3.01. The molecule has 84 valence electrons. The van der Waals surface area contributed by atoms with Gasteiger partial charge in [0.25, 0.3) is 0 Å². The largest absolute Gasteiger partial charge is 0.485 e. The van der Waals surface area contributed by atoms with E-state index in [2.05, 4.69) is 0 Å². The minimum Gasteiger partial charge on any atom is -0.485 e. The number of halogens is 1. The Morgan fingerprint density at radius 3 is 2.81 bits per heavy atom. The number of para-hydroxylation sites is 1. The van der Waals surface area contributed by atoms with Crippen molar-refractivity contribution in [2.24, 2.45) is 0 Å². The van der Waals surface area contributed by atoms with Crippen LogP contribution in [0.2, 0.25) is 0 Å². The molecule has 0 aliphatic carbocycles. The minimum atomic E-state index is -0.442. The summed E-state index contributed by atoms with van der Waals surface area (Å²) < 4.78 is 18.8. The number of benzene rings is 1. The van der Waals surface area contributed by atoms with Crippen LogP contribution in [0.5, 0.6) is 5.75 Å². The Morgan fingerprint density at radius 2 is 2.12 bits per heavy atom. The lowest BCUT2D eigenvalue weighted by molar-refractivity contribution is 0.252. The fourth-order valence-corrected chi connectivity index (χ4v) is 1.99. The molecule has 0 unspecified atom stereocenters. The van der Waals surface area contributed by atoms with Gasteiger partial charge in [0.1, 0.15) is 6.61 Å². The van der Waals surface area contributed by atoms with Crippen LogP contribution in [0.25, 0.3) is 0 Å². The molecular formula is C12H11FO2S. The standard InChI is InChI=1S/C12H11FO2S/c13-11-5-1-3-9(7-14)12(11)15-8-10-4-2-6-16-10/h1-6,14H,7-8H2. The molecule has 2 aromatic rings. The molecule has 1 aromatic carbocycles. The van der Waals surface area contributed by atoms with Crippen LogP contribution in [-0.4, -0.2) is 5.11 Å². The number of ether oxygens (including phenoxy) is 1. The molecule has 1 N–H and O–H groups in total. The summed E-state index contributed by atoms with van der Waals surface area (Å²) in [6.07, 6.45) is 0. The van der Waals surface area contributed by atoms with Crippen molar-refractivity contribution in [2.75, 3.05) is 0 Å². The molecule has 2 rings (SSSR count). The zero-order valence-electron chi connectivity index (χ0n) is 8.52. The van der Waals surface area contributed by atoms with Crippen molar-refractivity contribution in [3.8, 4) is 5.75 Å². The molecule has 0 saturated heterocycles. The molecule has 0 atom stereocenters. The summed E-state index contributed by atoms with van der Waals surface area (Å²) in [6.45, 7) is 0.100. The normalized spacial score (nSPS) is 10.4. The van der Waals surface area contributed by atoms with Crippen molar-refractivity contribution in [3.05, 3.63) is 52.0 Å². The first-order valence-corrected chi connectivity index (χ1v) is 5.72. The maximum absolute atomic E-state index is 13.4. The summed E-state index contributed by atoms with van der Waals surface area (Å²) >= 11 is 1.55. The Bertz CT molecular complexity index is 454. The van der Waals surface area contributed by atoms with Crippen LogP contribution in [0.3, 0.4) is 0 Å². The van der Waals surface area contributed by atoms with Crippen LogP contribution in [-0.2, 0) is 13.2 Å². The molecule has 2 nitrogen and oxygen atoms in total. The van der Waals surface area contributed by atoms with E-state index in [4.69, 9.17) is 9.84 Å². The quantitative estimate of drug-likeness (QED) is 0.887. The summed E-state index contributed by atoms with van der Waals surface area (Å²) in [6, 6.07) is 8.36. The lowest BCUT2D eigenvalue weighted by atomic mass is 10.2. The van der Waals surface area contributed by atoms with Crippen LogP contribution < -0.4 is 4.74 Å². The molecule has 1 heterocycles. The maximum atomic E-state index is 13.4. The molecule has 0 fully saturated rings. The molecule has 0 saturated carbocycles. The Kier molecular flexibility index (Phi) is 3.54. The zero-order valence-corrected chi connectivity index (χ0v) is 9.34. The van der Waals surface area contributed by atoms with Gasteiger partial charge in [-0.3, -0.25) is 0 Å². The van der Waals surface area contributed by atoms with Crippen molar-refractivity contribution in [1.82, 2.24) is 0 Å². The molecule has 0 radical (unpaired) electrons. The van der Waals surface area contributed by atoms with Gasteiger partial charge in [-0.1, -0.05) is 18.2 Å². The van der Waals surface area contributed by atoms with Crippen LogP contribution in [0.15, 0.2) is 35.7 Å². The van der Waals surface area contributed by atoms with Crippen molar-refractivity contribution < 1.29 is 14.2 Å². The third kappa shape index (κ3) is 2.40. The van der Waals surface area contributed by atoms with E-state index in [-0.39, 0.29) is 12.4 Å². The van der Waals surface area contributed by atoms with E-state index < -0.39 is 5.82 Å². The molecule has 16 heavy (non-hydrogen) atoms. The monoisotopic (exact) mass is 238 g/mol. The van der Waals surface area contributed by atoms with E-state index >= 15 is 0 Å². The van der Waals surface area contributed by atoms with E-state index in [0.717, 1.165) is 4.88 Å². The van der Waals surface area contributed by atoms with Crippen LogP contribution in [0.1, 0.15) is 10.4 Å². The van der Waals surface area contributed by atoms with Crippen LogP contribution in [0.4, 0.5) is 4.39 Å². The van der Waals surface area contributed by atoms with Crippen molar-refractivity contribution in [1.29, 1.82) is 0 Å². The minimum absolute atomic E-state index is 0.137. The van der Waals surface area contributed by atoms with Gasteiger partial charge in [-0.15, -0.1) is 11.3 Å². The van der Waals surface area contributed by atoms with Crippen LogP contribution in [0, 0.1) is 5.82 Å². The van der Waals surface area contributed by atoms with Gasteiger partial charge < -0.3 is 9.84 Å². The summed E-state index contributed by atoms with van der Waals surface area (Å²) in [5, 5.41) is 11.0. The second-order valence-corrected chi connectivity index (χ2v) is 4.29. The second-order valence-electron chi connectivity index (χ2n) is 3.25. The van der Waals surface area contributed by atoms with Gasteiger partial charge in [0.15, 0.2) is 11.6 Å². The lowest BCUT2D eigenvalue weighted by Crippen LogP contribution is -1.99. The van der Waals surface area contributed by atoms with Crippen molar-refractivity contribution in [2.45, 2.75) is 13.2 Å². The zero-order chi connectivity index (χ0) is 11.4. The molecule has 0 bridgehead atoms. The topological polar surface area (TPSA) is 29.5 Å². The third-order valence-electron chi connectivity index (χ3n) is 2.16. The number of aliphatic hydroxyl groups is 1. The van der Waals surface area contributed by atoms with E-state index in [9.17, 15) is 4.39 Å². The number of hydrogen-bond donors (Lipinski definition) is 1. The highest BCUT2D eigenvalue weighted by atomic mass is 32.1. The molecule has 1 aromatic heterocycles. The van der Waals surface area contributed by atoms with E-state index in [1.54, 1.807) is 23.5 Å². The molecule has 0 aliphatic heterocycles. The van der Waals surface area contributed by atoms with Gasteiger partial charge in [-0.05, 0) is 17.5 Å². The number of thiophene rings is 1. The Balaban J connectivity index is 2.14. The fourth-order valence-electron chi connectivity index (χ4n) is 1.38. The van der Waals surface area contributed by atoms with E-state index in [1.165, 1.54) is 6.07 Å². The Labute approximate surface area is 96.9 Å². The molecule has 0 spiro atoms. The average molecular weight is 238 g/mol. The van der Waals surface area contributed by atoms with Gasteiger partial charge in [-0.2, -0.15) is 0 Å². The highest BCUT2D eigenvalue weighted by Crippen LogP contribution is 2.24. The first-order chi connectivity index (χ1) is 7.81. The highest BCUT2D eigenvalue weighted by molar-refractivity contribution is 7.09. The number of hydrogen-bond acceptors (Lipinski definition) is 3. The van der Waals surface area contributed by atoms with Gasteiger partial charge in [0.2, 0.25) is 0 Å².